The number of aromatic carboxylic acids is 1. The quantitative estimate of drug-likeness (QED) is 0.633. The Morgan fingerprint density at radius 1 is 1.03 bits per heavy atom. The van der Waals surface area contributed by atoms with Crippen molar-refractivity contribution in [1.29, 1.82) is 0 Å². The molecule has 0 bridgehead atoms. The number of nitrogens with one attached hydrogen (secondary N) is 1. The van der Waals surface area contributed by atoms with E-state index in [1.807, 2.05) is 30.3 Å². The number of rotatable bonds is 5. The van der Waals surface area contributed by atoms with Gasteiger partial charge in [0.15, 0.2) is 0 Å². The number of pyridine rings is 1. The van der Waals surface area contributed by atoms with E-state index in [4.69, 9.17) is 19.7 Å². The lowest BCUT2D eigenvalue weighted by Crippen LogP contribution is -2.36. The maximum atomic E-state index is 12.7. The Bertz CT molecular complexity index is 931. The van der Waals surface area contributed by atoms with Gasteiger partial charge in [0.1, 0.15) is 0 Å². The smallest absolute Gasteiger partial charge is 0.478 e. The normalized spacial score (nSPS) is 15.1. The van der Waals surface area contributed by atoms with Crippen molar-refractivity contribution in [3.8, 4) is 0 Å². The van der Waals surface area contributed by atoms with Crippen molar-refractivity contribution < 1.29 is 42.5 Å². The third-order valence-electron chi connectivity index (χ3n) is 4.67. The van der Waals surface area contributed by atoms with Crippen molar-refractivity contribution in [2.75, 3.05) is 13.2 Å². The summed E-state index contributed by atoms with van der Waals surface area (Å²) in [5.41, 5.74) is 1.27. The number of hydrogen-bond donors (Lipinski definition) is 3. The third-order valence-corrected chi connectivity index (χ3v) is 4.67. The van der Waals surface area contributed by atoms with Crippen molar-refractivity contribution in [3.63, 3.8) is 0 Å². The van der Waals surface area contributed by atoms with E-state index in [0.717, 1.165) is 18.4 Å². The van der Waals surface area contributed by atoms with Gasteiger partial charge in [0.05, 0.1) is 17.2 Å². The summed E-state index contributed by atoms with van der Waals surface area (Å²) >= 11 is 0. The Morgan fingerprint density at radius 2 is 1.59 bits per heavy atom. The molecule has 0 aliphatic carbocycles. The van der Waals surface area contributed by atoms with Crippen LogP contribution in [-0.2, 0) is 9.53 Å². The fraction of sp³-hybridized carbons (Fsp3) is 0.333. The van der Waals surface area contributed by atoms with Crippen molar-refractivity contribution in [3.05, 3.63) is 65.5 Å². The molecule has 2 heterocycles. The lowest BCUT2D eigenvalue weighted by molar-refractivity contribution is -0.192. The van der Waals surface area contributed by atoms with E-state index in [2.05, 4.69) is 10.3 Å². The summed E-state index contributed by atoms with van der Waals surface area (Å²) in [5.74, 6) is -3.91. The molecule has 1 aliphatic rings. The molecule has 0 radical (unpaired) electrons. The highest BCUT2D eigenvalue weighted by atomic mass is 19.4. The van der Waals surface area contributed by atoms with E-state index < -0.39 is 18.1 Å². The topological polar surface area (TPSA) is 126 Å². The van der Waals surface area contributed by atoms with E-state index in [1.54, 1.807) is 0 Å². The van der Waals surface area contributed by atoms with Crippen molar-refractivity contribution >= 4 is 17.8 Å². The molecular weight excluding hydrogens is 433 g/mol. The largest absolute Gasteiger partial charge is 0.490 e. The second kappa shape index (κ2) is 11.2. The van der Waals surface area contributed by atoms with Gasteiger partial charge in [-0.05, 0) is 30.4 Å². The minimum atomic E-state index is -5.08. The van der Waals surface area contributed by atoms with Crippen molar-refractivity contribution in [1.82, 2.24) is 10.3 Å². The lowest BCUT2D eigenvalue weighted by Gasteiger charge is -2.31. The van der Waals surface area contributed by atoms with Crippen LogP contribution in [0.3, 0.4) is 0 Å². The number of carbonyl (C=O) groups is 3. The van der Waals surface area contributed by atoms with Crippen LogP contribution in [0, 0.1) is 5.92 Å². The molecular formula is C21H21F3N2O6. The van der Waals surface area contributed by atoms with Gasteiger partial charge in [-0.2, -0.15) is 13.2 Å². The lowest BCUT2D eigenvalue weighted by atomic mass is 9.87. The van der Waals surface area contributed by atoms with Gasteiger partial charge in [-0.15, -0.1) is 0 Å². The first-order valence-electron chi connectivity index (χ1n) is 9.51. The second-order valence-electron chi connectivity index (χ2n) is 6.88. The fourth-order valence-corrected chi connectivity index (χ4v) is 3.09. The number of aromatic nitrogens is 1. The monoisotopic (exact) mass is 454 g/mol. The highest BCUT2D eigenvalue weighted by Gasteiger charge is 2.38. The van der Waals surface area contributed by atoms with Gasteiger partial charge >= 0.3 is 18.1 Å². The SMILES string of the molecule is O=C(O)C(F)(F)F.O=C(O)c1cncc(C(=O)NC(c2ccccc2)C2CCOCC2)c1. The molecule has 1 aromatic carbocycles. The van der Waals surface area contributed by atoms with Crippen LogP contribution in [-0.4, -0.2) is 52.4 Å². The summed E-state index contributed by atoms with van der Waals surface area (Å²) in [6.45, 7) is 1.36. The number of halogens is 3. The first-order chi connectivity index (χ1) is 15.1. The number of aliphatic carboxylic acids is 1. The summed E-state index contributed by atoms with van der Waals surface area (Å²) in [6.07, 6.45) is -0.736. The molecule has 32 heavy (non-hydrogen) atoms. The maximum absolute atomic E-state index is 12.7. The third kappa shape index (κ3) is 7.34. The van der Waals surface area contributed by atoms with E-state index in [1.165, 1.54) is 18.5 Å². The van der Waals surface area contributed by atoms with Crippen LogP contribution in [0.4, 0.5) is 13.2 Å². The molecule has 3 N–H and O–H groups in total. The van der Waals surface area contributed by atoms with Crippen LogP contribution in [0.2, 0.25) is 0 Å². The van der Waals surface area contributed by atoms with Gasteiger partial charge in [-0.25, -0.2) is 9.59 Å². The number of benzene rings is 1. The Balaban J connectivity index is 0.000000451. The van der Waals surface area contributed by atoms with Gasteiger partial charge in [-0.1, -0.05) is 30.3 Å². The zero-order valence-corrected chi connectivity index (χ0v) is 16.7. The van der Waals surface area contributed by atoms with Crippen LogP contribution in [0.1, 0.15) is 45.2 Å². The highest BCUT2D eigenvalue weighted by Crippen LogP contribution is 2.30. The van der Waals surface area contributed by atoms with Gasteiger partial charge in [-0.3, -0.25) is 9.78 Å². The molecule has 2 aromatic rings. The molecule has 1 aliphatic heterocycles. The minimum Gasteiger partial charge on any atom is -0.478 e. The van der Waals surface area contributed by atoms with Crippen LogP contribution in [0.15, 0.2) is 48.8 Å². The number of carboxylic acids is 2. The molecule has 0 spiro atoms. The number of ether oxygens (including phenoxy) is 1. The predicted octanol–water partition coefficient (Wildman–Crippen LogP) is 3.31. The van der Waals surface area contributed by atoms with Crippen LogP contribution >= 0.6 is 0 Å². The second-order valence-corrected chi connectivity index (χ2v) is 6.88. The predicted molar refractivity (Wildman–Crippen MR) is 105 cm³/mol. The summed E-state index contributed by atoms with van der Waals surface area (Å²) in [7, 11) is 0. The summed E-state index contributed by atoms with van der Waals surface area (Å²) in [4.78, 5) is 36.5. The molecule has 11 heteroatoms. The molecule has 8 nitrogen and oxygen atoms in total. The molecule has 0 saturated carbocycles. The molecule has 1 unspecified atom stereocenters. The van der Waals surface area contributed by atoms with Crippen LogP contribution < -0.4 is 5.32 Å². The first-order valence-corrected chi connectivity index (χ1v) is 9.51. The number of hydrogen-bond acceptors (Lipinski definition) is 5. The van der Waals surface area contributed by atoms with Crippen molar-refractivity contribution in [2.24, 2.45) is 5.92 Å². The maximum Gasteiger partial charge on any atom is 0.490 e. The van der Waals surface area contributed by atoms with Gasteiger partial charge in [0.25, 0.3) is 5.91 Å². The average Bonchev–Trinajstić information content (AvgIpc) is 2.78. The molecule has 1 fully saturated rings. The summed E-state index contributed by atoms with van der Waals surface area (Å²) < 4.78 is 37.2. The minimum absolute atomic E-state index is 0.00465. The Labute approximate surface area is 181 Å². The first kappa shape index (κ1) is 24.8. The molecule has 1 aromatic heterocycles. The summed E-state index contributed by atoms with van der Waals surface area (Å²) in [6, 6.07) is 11.0. The van der Waals surface area contributed by atoms with Crippen LogP contribution in [0.5, 0.6) is 0 Å². The van der Waals surface area contributed by atoms with E-state index in [9.17, 15) is 22.8 Å². The van der Waals surface area contributed by atoms with Crippen LogP contribution in [0.25, 0.3) is 0 Å². The fourth-order valence-electron chi connectivity index (χ4n) is 3.09. The van der Waals surface area contributed by atoms with Gasteiger partial charge in [0, 0.05) is 25.6 Å². The number of alkyl halides is 3. The number of nitrogens with zero attached hydrogens (tertiary/aromatic N) is 1. The van der Waals surface area contributed by atoms with E-state index in [0.29, 0.717) is 13.2 Å². The Morgan fingerprint density at radius 3 is 2.12 bits per heavy atom. The highest BCUT2D eigenvalue weighted by molar-refractivity contribution is 5.97. The zero-order valence-electron chi connectivity index (χ0n) is 16.7. The molecule has 1 amide bonds. The number of carboxylic acid groups (broad SMARTS) is 2. The summed E-state index contributed by atoms with van der Waals surface area (Å²) in [5, 5.41) is 19.3. The standard InChI is InChI=1S/C19H20N2O4.C2HF3O2/c22-18(15-10-16(19(23)24)12-20-11-15)21-17(13-4-2-1-3-5-13)14-6-8-25-9-7-14;3-2(4,5)1(6)7/h1-5,10-12,14,17H,6-9H2,(H,21,22)(H,23,24);(H,6,7). The number of carbonyl (C=O) groups excluding carboxylic acids is 1. The van der Waals surface area contributed by atoms with Gasteiger partial charge < -0.3 is 20.3 Å². The number of amides is 1. The molecule has 172 valence electrons. The van der Waals surface area contributed by atoms with E-state index in [-0.39, 0.29) is 29.0 Å². The Kier molecular flexibility index (Phi) is 8.71. The molecule has 1 atom stereocenters. The van der Waals surface area contributed by atoms with Gasteiger partial charge in [0.2, 0.25) is 0 Å². The average molecular weight is 454 g/mol. The van der Waals surface area contributed by atoms with E-state index >= 15 is 0 Å². The zero-order chi connectivity index (χ0) is 23.7. The molecule has 3 rings (SSSR count). The molecule has 1 saturated heterocycles. The Hall–Kier alpha value is -3.47. The van der Waals surface area contributed by atoms with Crippen molar-refractivity contribution in [2.45, 2.75) is 25.1 Å².